The molecule has 0 spiro atoms. The second-order valence-electron chi connectivity index (χ2n) is 8.38. The van der Waals surface area contributed by atoms with E-state index in [9.17, 15) is 13.2 Å². The van der Waals surface area contributed by atoms with E-state index in [4.69, 9.17) is 0 Å². The summed E-state index contributed by atoms with van der Waals surface area (Å²) in [6.07, 6.45) is 1.78. The maximum absolute atomic E-state index is 13.5. The molecule has 174 valence electrons. The van der Waals surface area contributed by atoms with Gasteiger partial charge >= 0.3 is 0 Å². The van der Waals surface area contributed by atoms with Gasteiger partial charge in [-0.2, -0.15) is 0 Å². The van der Waals surface area contributed by atoms with E-state index in [0.29, 0.717) is 12.2 Å². The Hall–Kier alpha value is -3.12. The summed E-state index contributed by atoms with van der Waals surface area (Å²) in [5.41, 5.74) is 3.57. The monoisotopic (exact) mass is 464 g/mol. The van der Waals surface area contributed by atoms with Crippen molar-refractivity contribution < 1.29 is 13.2 Å². The van der Waals surface area contributed by atoms with Gasteiger partial charge in [0.2, 0.25) is 5.91 Å². The molecular weight excluding hydrogens is 432 g/mol. The Morgan fingerprint density at radius 2 is 1.58 bits per heavy atom. The summed E-state index contributed by atoms with van der Waals surface area (Å²) < 4.78 is 28.2. The Kier molecular flexibility index (Phi) is 8.28. The number of nitrogens with zero attached hydrogens (tertiary/aromatic N) is 1. The first-order chi connectivity index (χ1) is 15.8. The van der Waals surface area contributed by atoms with Crippen molar-refractivity contribution in [3.05, 3.63) is 95.6 Å². The number of nitrogens with one attached hydrogen (secondary N) is 1. The number of sulfonamides is 1. The molecule has 0 aliphatic carbocycles. The fourth-order valence-electron chi connectivity index (χ4n) is 3.86. The summed E-state index contributed by atoms with van der Waals surface area (Å²) in [5.74, 6) is -0.0439. The molecule has 6 heteroatoms. The molecule has 5 nitrogen and oxygen atoms in total. The van der Waals surface area contributed by atoms with Gasteiger partial charge in [0.15, 0.2) is 0 Å². The molecular formula is C27H32N2O3S. The molecule has 1 atom stereocenters. The lowest BCUT2D eigenvalue weighted by molar-refractivity contribution is -0.119. The smallest absolute Gasteiger partial charge is 0.264 e. The maximum atomic E-state index is 13.5. The van der Waals surface area contributed by atoms with Gasteiger partial charge in [0.25, 0.3) is 10.0 Å². The number of anilines is 1. The molecule has 0 aliphatic heterocycles. The lowest BCUT2D eigenvalue weighted by atomic mass is 9.97. The summed E-state index contributed by atoms with van der Waals surface area (Å²) in [7, 11) is -3.90. The minimum Gasteiger partial charge on any atom is -0.354 e. The van der Waals surface area contributed by atoms with Crippen LogP contribution in [0.3, 0.4) is 0 Å². The van der Waals surface area contributed by atoms with E-state index in [1.54, 1.807) is 36.4 Å². The van der Waals surface area contributed by atoms with Gasteiger partial charge in [-0.25, -0.2) is 8.42 Å². The number of aryl methyl sites for hydroxylation is 2. The van der Waals surface area contributed by atoms with E-state index in [1.807, 2.05) is 44.2 Å². The van der Waals surface area contributed by atoms with Crippen LogP contribution in [0.15, 0.2) is 83.8 Å². The van der Waals surface area contributed by atoms with Crippen LogP contribution in [0.5, 0.6) is 0 Å². The molecule has 3 rings (SSSR count). The third-order valence-corrected chi connectivity index (χ3v) is 7.55. The zero-order valence-corrected chi connectivity index (χ0v) is 20.3. The molecule has 1 amide bonds. The fraction of sp³-hybridized carbons (Fsp3) is 0.296. The van der Waals surface area contributed by atoms with Crippen molar-refractivity contribution in [1.82, 2.24) is 5.32 Å². The third kappa shape index (κ3) is 6.45. The highest BCUT2D eigenvalue weighted by Gasteiger charge is 2.28. The SMILES string of the molecule is CCC(CNC(=O)CN(c1ccc(C)cc1C)S(=O)(=O)c1ccccc1)Cc1ccccc1. The van der Waals surface area contributed by atoms with E-state index >= 15 is 0 Å². The summed E-state index contributed by atoms with van der Waals surface area (Å²) >= 11 is 0. The topological polar surface area (TPSA) is 66.5 Å². The molecule has 0 saturated carbocycles. The quantitative estimate of drug-likeness (QED) is 0.465. The first-order valence-corrected chi connectivity index (χ1v) is 12.7. The number of carbonyl (C=O) groups is 1. The standard InChI is InChI=1S/C27H32N2O3S/c1-4-23(18-24-11-7-5-8-12-24)19-28-27(30)20-29(26-16-15-21(2)17-22(26)3)33(31,32)25-13-9-6-10-14-25/h5-17,23H,4,18-20H2,1-3H3,(H,28,30). The van der Waals surface area contributed by atoms with Crippen LogP contribution in [0.25, 0.3) is 0 Å². The highest BCUT2D eigenvalue weighted by molar-refractivity contribution is 7.92. The van der Waals surface area contributed by atoms with Gasteiger partial charge in [0, 0.05) is 6.54 Å². The van der Waals surface area contributed by atoms with Crippen molar-refractivity contribution in [3.63, 3.8) is 0 Å². The van der Waals surface area contributed by atoms with Gasteiger partial charge < -0.3 is 5.32 Å². The average molecular weight is 465 g/mol. The molecule has 0 bridgehead atoms. The molecule has 0 radical (unpaired) electrons. The highest BCUT2D eigenvalue weighted by Crippen LogP contribution is 2.27. The van der Waals surface area contributed by atoms with Crippen LogP contribution in [-0.2, 0) is 21.2 Å². The molecule has 0 aromatic heterocycles. The van der Waals surface area contributed by atoms with Gasteiger partial charge in [-0.05, 0) is 55.5 Å². The van der Waals surface area contributed by atoms with Crippen LogP contribution in [-0.4, -0.2) is 27.4 Å². The van der Waals surface area contributed by atoms with Crippen LogP contribution in [0.4, 0.5) is 5.69 Å². The molecule has 3 aromatic rings. The van der Waals surface area contributed by atoms with Crippen molar-refractivity contribution in [2.75, 3.05) is 17.4 Å². The molecule has 0 heterocycles. The minimum atomic E-state index is -3.90. The normalized spacial score (nSPS) is 12.2. The molecule has 1 unspecified atom stereocenters. The Morgan fingerprint density at radius 3 is 2.18 bits per heavy atom. The fourth-order valence-corrected chi connectivity index (χ4v) is 5.36. The molecule has 0 aliphatic rings. The molecule has 1 N–H and O–H groups in total. The van der Waals surface area contributed by atoms with Crippen LogP contribution in [0, 0.1) is 19.8 Å². The minimum absolute atomic E-state index is 0.160. The predicted octanol–water partition coefficient (Wildman–Crippen LogP) is 4.88. The number of benzene rings is 3. The van der Waals surface area contributed by atoms with Gasteiger partial charge in [0.05, 0.1) is 10.6 Å². The molecule has 0 fully saturated rings. The largest absolute Gasteiger partial charge is 0.354 e. The van der Waals surface area contributed by atoms with Gasteiger partial charge in [-0.15, -0.1) is 0 Å². The highest BCUT2D eigenvalue weighted by atomic mass is 32.2. The first-order valence-electron chi connectivity index (χ1n) is 11.3. The summed E-state index contributed by atoms with van der Waals surface area (Å²) in [6.45, 7) is 6.14. The summed E-state index contributed by atoms with van der Waals surface area (Å²) in [6, 6.07) is 24.0. The summed E-state index contributed by atoms with van der Waals surface area (Å²) in [5, 5.41) is 2.96. The zero-order valence-electron chi connectivity index (χ0n) is 19.5. The lowest BCUT2D eigenvalue weighted by Gasteiger charge is -2.26. The Balaban J connectivity index is 1.79. The van der Waals surface area contributed by atoms with Crippen LogP contribution in [0.1, 0.15) is 30.0 Å². The van der Waals surface area contributed by atoms with Crippen LogP contribution < -0.4 is 9.62 Å². The number of carbonyl (C=O) groups excluding carboxylic acids is 1. The lowest BCUT2D eigenvalue weighted by Crippen LogP contribution is -2.42. The number of hydrogen-bond donors (Lipinski definition) is 1. The average Bonchev–Trinajstić information content (AvgIpc) is 2.82. The van der Waals surface area contributed by atoms with Crippen molar-refractivity contribution in [2.45, 2.75) is 38.5 Å². The maximum Gasteiger partial charge on any atom is 0.264 e. The van der Waals surface area contributed by atoms with Gasteiger partial charge in [0.1, 0.15) is 6.54 Å². The van der Waals surface area contributed by atoms with Gasteiger partial charge in [-0.1, -0.05) is 79.6 Å². The molecule has 0 saturated heterocycles. The van der Waals surface area contributed by atoms with Crippen molar-refractivity contribution in [3.8, 4) is 0 Å². The van der Waals surface area contributed by atoms with E-state index in [2.05, 4.69) is 24.4 Å². The zero-order chi connectivity index (χ0) is 23.8. The first kappa shape index (κ1) is 24.5. The van der Waals surface area contributed by atoms with Crippen molar-refractivity contribution in [2.24, 2.45) is 5.92 Å². The molecule has 3 aromatic carbocycles. The number of amides is 1. The Morgan fingerprint density at radius 1 is 0.939 bits per heavy atom. The van der Waals surface area contributed by atoms with Crippen molar-refractivity contribution in [1.29, 1.82) is 0 Å². The van der Waals surface area contributed by atoms with Gasteiger partial charge in [-0.3, -0.25) is 9.10 Å². The Labute approximate surface area is 197 Å². The van der Waals surface area contributed by atoms with E-state index in [-0.39, 0.29) is 23.3 Å². The van der Waals surface area contributed by atoms with E-state index < -0.39 is 10.0 Å². The predicted molar refractivity (Wildman–Crippen MR) is 134 cm³/mol. The summed E-state index contributed by atoms with van der Waals surface area (Å²) in [4.78, 5) is 13.1. The second kappa shape index (κ2) is 11.1. The molecule has 33 heavy (non-hydrogen) atoms. The van der Waals surface area contributed by atoms with Crippen LogP contribution >= 0.6 is 0 Å². The van der Waals surface area contributed by atoms with Crippen LogP contribution in [0.2, 0.25) is 0 Å². The number of rotatable bonds is 10. The van der Waals surface area contributed by atoms with Crippen molar-refractivity contribution >= 4 is 21.6 Å². The third-order valence-electron chi connectivity index (χ3n) is 5.77. The van der Waals surface area contributed by atoms with E-state index in [0.717, 1.165) is 24.0 Å². The second-order valence-corrected chi connectivity index (χ2v) is 10.2. The van der Waals surface area contributed by atoms with E-state index in [1.165, 1.54) is 9.87 Å². The Bertz CT molecular complexity index is 1160. The number of hydrogen-bond acceptors (Lipinski definition) is 3.